The van der Waals surface area contributed by atoms with Crippen molar-refractivity contribution in [2.45, 2.75) is 0 Å². The number of carbonyl (C=O) groups is 2. The fourth-order valence-electron chi connectivity index (χ4n) is 0.294. The summed E-state index contributed by atoms with van der Waals surface area (Å²) in [5.74, 6) is 0. The van der Waals surface area contributed by atoms with Crippen LogP contribution in [0.1, 0.15) is 0 Å². The predicted octanol–water partition coefficient (Wildman–Crippen LogP) is 0.559. The number of nitrogens with zero attached hydrogens (tertiary/aromatic N) is 3. The second-order valence-corrected chi connectivity index (χ2v) is 1.44. The summed E-state index contributed by atoms with van der Waals surface area (Å²) in [6.45, 7) is 5.89. The van der Waals surface area contributed by atoms with Crippen LogP contribution in [0.4, 0.5) is 9.59 Å². The van der Waals surface area contributed by atoms with Crippen LogP contribution >= 0.6 is 0 Å². The molecule has 54 valence electrons. The summed E-state index contributed by atoms with van der Waals surface area (Å²) < 4.78 is 0. The Morgan fingerprint density at radius 1 is 1.20 bits per heavy atom. The van der Waals surface area contributed by atoms with E-state index in [4.69, 9.17) is 0 Å². The molecule has 0 saturated heterocycles. The second-order valence-electron chi connectivity index (χ2n) is 1.44. The van der Waals surface area contributed by atoms with E-state index in [-0.39, 0.29) is 0 Å². The maximum absolute atomic E-state index is 10.5. The summed E-state index contributed by atoms with van der Waals surface area (Å²) >= 11 is 0. The molecule has 0 aliphatic heterocycles. The first-order valence-corrected chi connectivity index (χ1v) is 2.38. The van der Waals surface area contributed by atoms with Crippen molar-refractivity contribution in [2.75, 3.05) is 7.05 Å². The van der Waals surface area contributed by atoms with E-state index in [9.17, 15) is 9.59 Å². The number of hydrogen-bond acceptors (Lipinski definition) is 2. The van der Waals surface area contributed by atoms with Gasteiger partial charge in [-0.3, -0.25) is 0 Å². The van der Waals surface area contributed by atoms with Gasteiger partial charge in [0, 0.05) is 7.05 Å². The number of aliphatic imine (C=N–C) groups is 2. The average Bonchev–Trinajstić information content (AvgIpc) is 2.00. The number of amides is 4. The molecule has 0 saturated carbocycles. The first kappa shape index (κ1) is 8.48. The molecule has 0 aromatic heterocycles. The van der Waals surface area contributed by atoms with Gasteiger partial charge in [-0.2, -0.15) is 0 Å². The Morgan fingerprint density at radius 3 is 1.70 bits per heavy atom. The fourth-order valence-corrected chi connectivity index (χ4v) is 0.294. The molecular formula is C5H7N3O2. The summed E-state index contributed by atoms with van der Waals surface area (Å²) in [5, 5.41) is 0. The normalized spacial score (nSPS) is 8.10. The Bertz CT molecular complexity index is 167. The van der Waals surface area contributed by atoms with Gasteiger partial charge in [0.05, 0.1) is 0 Å². The molecule has 0 aliphatic rings. The third-order valence-corrected chi connectivity index (χ3v) is 0.844. The molecule has 0 bridgehead atoms. The summed E-state index contributed by atoms with van der Waals surface area (Å²) in [7, 11) is 1.24. The quantitative estimate of drug-likeness (QED) is 0.462. The number of carbonyl (C=O) groups excluding carboxylic acids is 2. The maximum Gasteiger partial charge on any atom is 0.350 e. The van der Waals surface area contributed by atoms with E-state index in [1.807, 2.05) is 0 Å². The van der Waals surface area contributed by atoms with Gasteiger partial charge in [0.2, 0.25) is 0 Å². The van der Waals surface area contributed by atoms with Crippen molar-refractivity contribution in [1.82, 2.24) is 4.90 Å². The van der Waals surface area contributed by atoms with E-state index in [1.54, 1.807) is 0 Å². The first-order chi connectivity index (χ1) is 4.63. The van der Waals surface area contributed by atoms with Crippen LogP contribution in [0.2, 0.25) is 0 Å². The SMILES string of the molecule is C=NC(=O)N(C)C(=O)N=C. The van der Waals surface area contributed by atoms with Gasteiger partial charge >= 0.3 is 12.1 Å². The zero-order chi connectivity index (χ0) is 8.15. The molecule has 4 amide bonds. The molecule has 0 heterocycles. The smallest absolute Gasteiger partial charge is 0.246 e. The van der Waals surface area contributed by atoms with Crippen molar-refractivity contribution in [1.29, 1.82) is 0 Å². The first-order valence-electron chi connectivity index (χ1n) is 2.38. The van der Waals surface area contributed by atoms with E-state index < -0.39 is 12.1 Å². The summed E-state index contributed by atoms with van der Waals surface area (Å²) in [4.78, 5) is 27.7. The van der Waals surface area contributed by atoms with Crippen LogP contribution in [0.5, 0.6) is 0 Å². The van der Waals surface area contributed by atoms with Crippen LogP contribution in [0.3, 0.4) is 0 Å². The minimum absolute atomic E-state index is 0.708. The van der Waals surface area contributed by atoms with E-state index in [1.165, 1.54) is 7.05 Å². The lowest BCUT2D eigenvalue weighted by molar-refractivity contribution is 0.206. The molecule has 0 aromatic carbocycles. The monoisotopic (exact) mass is 141 g/mol. The third-order valence-electron chi connectivity index (χ3n) is 0.844. The molecule has 0 atom stereocenters. The van der Waals surface area contributed by atoms with Gasteiger partial charge in [-0.15, -0.1) is 0 Å². The van der Waals surface area contributed by atoms with Gasteiger partial charge in [-0.05, 0) is 13.4 Å². The Morgan fingerprint density at radius 2 is 1.50 bits per heavy atom. The Labute approximate surface area is 58.1 Å². The largest absolute Gasteiger partial charge is 0.350 e. The van der Waals surface area contributed by atoms with Gasteiger partial charge in [-0.25, -0.2) is 24.5 Å². The van der Waals surface area contributed by atoms with Crippen molar-refractivity contribution >= 4 is 25.5 Å². The van der Waals surface area contributed by atoms with Gasteiger partial charge in [0.15, 0.2) is 0 Å². The lowest BCUT2D eigenvalue weighted by Gasteiger charge is -2.05. The third kappa shape index (κ3) is 1.77. The van der Waals surface area contributed by atoms with Crippen molar-refractivity contribution in [3.8, 4) is 0 Å². The molecule has 0 unspecified atom stereocenters. The second kappa shape index (κ2) is 3.49. The lowest BCUT2D eigenvalue weighted by Crippen LogP contribution is -2.27. The van der Waals surface area contributed by atoms with Gasteiger partial charge in [-0.1, -0.05) is 0 Å². The summed E-state index contributed by atoms with van der Waals surface area (Å²) in [5.41, 5.74) is 0. The Balaban J connectivity index is 4.20. The van der Waals surface area contributed by atoms with Crippen molar-refractivity contribution in [3.05, 3.63) is 0 Å². The highest BCUT2D eigenvalue weighted by atomic mass is 16.2. The molecule has 0 spiro atoms. The minimum atomic E-state index is -0.739. The van der Waals surface area contributed by atoms with E-state index in [0.29, 0.717) is 4.90 Å². The topological polar surface area (TPSA) is 62.1 Å². The molecule has 0 aliphatic carbocycles. The molecular weight excluding hydrogens is 134 g/mol. The van der Waals surface area contributed by atoms with E-state index in [0.717, 1.165) is 0 Å². The highest BCUT2D eigenvalue weighted by molar-refractivity contribution is 5.96. The Kier molecular flexibility index (Phi) is 2.96. The molecule has 0 rings (SSSR count). The van der Waals surface area contributed by atoms with E-state index in [2.05, 4.69) is 23.4 Å². The number of urea groups is 2. The van der Waals surface area contributed by atoms with Crippen molar-refractivity contribution < 1.29 is 9.59 Å². The minimum Gasteiger partial charge on any atom is -0.246 e. The van der Waals surface area contributed by atoms with Gasteiger partial charge < -0.3 is 0 Å². The molecule has 10 heavy (non-hydrogen) atoms. The van der Waals surface area contributed by atoms with Crippen LogP contribution in [-0.2, 0) is 0 Å². The number of imide groups is 1. The number of rotatable bonds is 0. The highest BCUT2D eigenvalue weighted by Gasteiger charge is 2.11. The van der Waals surface area contributed by atoms with Crippen LogP contribution in [0, 0.1) is 0 Å². The van der Waals surface area contributed by atoms with Crippen LogP contribution in [0.15, 0.2) is 9.98 Å². The highest BCUT2D eigenvalue weighted by Crippen LogP contribution is 1.90. The molecule has 5 nitrogen and oxygen atoms in total. The molecule has 0 radical (unpaired) electrons. The fraction of sp³-hybridized carbons (Fsp3) is 0.200. The van der Waals surface area contributed by atoms with Crippen LogP contribution in [0.25, 0.3) is 0 Å². The summed E-state index contributed by atoms with van der Waals surface area (Å²) in [6.07, 6.45) is 0. The van der Waals surface area contributed by atoms with Crippen molar-refractivity contribution in [3.63, 3.8) is 0 Å². The standard InChI is InChI=1S/C5H7N3O2/c1-6-4(9)8(3)5(10)7-2/h1-2H2,3H3. The van der Waals surface area contributed by atoms with Gasteiger partial charge in [0.25, 0.3) is 0 Å². The molecule has 0 fully saturated rings. The predicted molar refractivity (Wildman–Crippen MR) is 37.7 cm³/mol. The van der Waals surface area contributed by atoms with Gasteiger partial charge in [0.1, 0.15) is 0 Å². The maximum atomic E-state index is 10.5. The molecule has 0 aromatic rings. The average molecular weight is 141 g/mol. The van der Waals surface area contributed by atoms with Crippen LogP contribution in [-0.4, -0.2) is 37.4 Å². The summed E-state index contributed by atoms with van der Waals surface area (Å²) in [6, 6.07) is -1.48. The van der Waals surface area contributed by atoms with Crippen LogP contribution < -0.4 is 0 Å². The number of hydrogen-bond donors (Lipinski definition) is 0. The van der Waals surface area contributed by atoms with E-state index >= 15 is 0 Å². The Hall–Kier alpha value is -1.52. The zero-order valence-electron chi connectivity index (χ0n) is 5.57. The molecule has 5 heteroatoms. The van der Waals surface area contributed by atoms with Crippen molar-refractivity contribution in [2.24, 2.45) is 9.98 Å². The molecule has 0 N–H and O–H groups in total. The lowest BCUT2D eigenvalue weighted by atomic mass is 10.8. The zero-order valence-corrected chi connectivity index (χ0v) is 5.57.